The van der Waals surface area contributed by atoms with Crippen molar-refractivity contribution in [2.24, 2.45) is 5.92 Å². The summed E-state index contributed by atoms with van der Waals surface area (Å²) >= 11 is 1.35. The second-order valence-electron chi connectivity index (χ2n) is 13.5. The number of aromatic carboxylic acids is 1. The van der Waals surface area contributed by atoms with Gasteiger partial charge >= 0.3 is 5.97 Å². The fourth-order valence-electron chi connectivity index (χ4n) is 6.43. The molecule has 1 aliphatic rings. The highest BCUT2D eigenvalue weighted by atomic mass is 32.2. The van der Waals surface area contributed by atoms with Crippen LogP contribution in [0.15, 0.2) is 71.9 Å². The molecule has 1 saturated heterocycles. The maximum absolute atomic E-state index is 12.8. The van der Waals surface area contributed by atoms with Gasteiger partial charge in [0.2, 0.25) is 5.91 Å². The lowest BCUT2D eigenvalue weighted by Crippen LogP contribution is -2.38. The molecular formula is C41H56N2O6S. The zero-order valence-electron chi connectivity index (χ0n) is 29.9. The molecule has 9 heteroatoms. The summed E-state index contributed by atoms with van der Waals surface area (Å²) in [5.41, 5.74) is 3.42. The first kappa shape index (κ1) is 39.5. The number of anilines is 1. The van der Waals surface area contributed by atoms with Crippen molar-refractivity contribution in [2.75, 3.05) is 11.1 Å². The number of carbonyl (C=O) groups is 2. The number of rotatable bonds is 22. The summed E-state index contributed by atoms with van der Waals surface area (Å²) < 4.78 is 13.1. The lowest BCUT2D eigenvalue weighted by molar-refractivity contribution is -0.268. The van der Waals surface area contributed by atoms with Gasteiger partial charge < -0.3 is 25.0 Å². The van der Waals surface area contributed by atoms with Crippen molar-refractivity contribution in [2.45, 2.75) is 134 Å². The Hall–Kier alpha value is -3.24. The molecule has 4 rings (SSSR count). The van der Waals surface area contributed by atoms with E-state index in [-0.39, 0.29) is 36.2 Å². The molecule has 272 valence electrons. The van der Waals surface area contributed by atoms with Gasteiger partial charge in [-0.15, -0.1) is 11.8 Å². The number of carboxylic acids is 1. The summed E-state index contributed by atoms with van der Waals surface area (Å²) in [7, 11) is 0. The second-order valence-corrected chi connectivity index (χ2v) is 14.5. The van der Waals surface area contributed by atoms with Gasteiger partial charge in [0.1, 0.15) is 5.03 Å². The van der Waals surface area contributed by atoms with Crippen LogP contribution in [0.4, 0.5) is 5.69 Å². The van der Waals surface area contributed by atoms with Crippen LogP contribution < -0.4 is 5.32 Å². The highest BCUT2D eigenvalue weighted by molar-refractivity contribution is 7.99. The van der Waals surface area contributed by atoms with Gasteiger partial charge in [-0.05, 0) is 41.8 Å². The van der Waals surface area contributed by atoms with Crippen LogP contribution in [0.3, 0.4) is 0 Å². The minimum absolute atomic E-state index is 0.00467. The molecular weight excluding hydrogens is 649 g/mol. The number of nitrogens with one attached hydrogen (secondary N) is 1. The number of unbranched alkanes of at least 4 members (excludes halogenated alkanes) is 12. The number of aliphatic hydroxyl groups is 1. The topological polar surface area (TPSA) is 118 Å². The number of ether oxygens (including phenoxy) is 2. The Balaban J connectivity index is 1.30. The van der Waals surface area contributed by atoms with Gasteiger partial charge in [-0.2, -0.15) is 0 Å². The second kappa shape index (κ2) is 21.9. The predicted molar refractivity (Wildman–Crippen MR) is 200 cm³/mol. The number of hydrogen-bond acceptors (Lipinski definition) is 7. The van der Waals surface area contributed by atoms with Crippen molar-refractivity contribution < 1.29 is 29.3 Å². The Bertz CT molecular complexity index is 1450. The molecule has 1 amide bonds. The van der Waals surface area contributed by atoms with E-state index in [0.717, 1.165) is 29.5 Å². The van der Waals surface area contributed by atoms with Crippen molar-refractivity contribution in [1.82, 2.24) is 4.98 Å². The Morgan fingerprint density at radius 2 is 1.48 bits per heavy atom. The normalized spacial score (nSPS) is 18.9. The summed E-state index contributed by atoms with van der Waals surface area (Å²) in [5, 5.41) is 22.7. The molecule has 0 bridgehead atoms. The highest BCUT2D eigenvalue weighted by Gasteiger charge is 2.38. The summed E-state index contributed by atoms with van der Waals surface area (Å²) in [6, 6.07) is 18.5. The van der Waals surface area contributed by atoms with E-state index in [2.05, 4.69) is 24.1 Å². The number of hydrogen-bond donors (Lipinski definition) is 3. The highest BCUT2D eigenvalue weighted by Crippen LogP contribution is 2.43. The maximum atomic E-state index is 12.8. The minimum atomic E-state index is -1.02. The van der Waals surface area contributed by atoms with Crippen LogP contribution in [0.2, 0.25) is 0 Å². The number of benzene rings is 2. The molecule has 1 aliphatic heterocycles. The average molecular weight is 705 g/mol. The van der Waals surface area contributed by atoms with Crippen molar-refractivity contribution in [3.63, 3.8) is 0 Å². The van der Waals surface area contributed by atoms with Crippen LogP contribution >= 0.6 is 11.8 Å². The molecule has 2 aromatic carbocycles. The van der Waals surface area contributed by atoms with E-state index in [1.807, 2.05) is 48.5 Å². The fourth-order valence-corrected chi connectivity index (χ4v) is 7.58. The quantitative estimate of drug-likeness (QED) is 0.0699. The van der Waals surface area contributed by atoms with E-state index in [4.69, 9.17) is 9.47 Å². The third-order valence-corrected chi connectivity index (χ3v) is 10.6. The molecule has 0 spiro atoms. The van der Waals surface area contributed by atoms with Gasteiger partial charge in [0.05, 0.1) is 24.4 Å². The Morgan fingerprint density at radius 3 is 2.12 bits per heavy atom. The first-order valence-electron chi connectivity index (χ1n) is 18.6. The van der Waals surface area contributed by atoms with Crippen molar-refractivity contribution >= 4 is 29.3 Å². The van der Waals surface area contributed by atoms with Crippen LogP contribution in [0.5, 0.6) is 0 Å². The van der Waals surface area contributed by atoms with Crippen LogP contribution in [0, 0.1) is 5.92 Å². The molecule has 0 radical (unpaired) electrons. The predicted octanol–water partition coefficient (Wildman–Crippen LogP) is 10.3. The van der Waals surface area contributed by atoms with Crippen LogP contribution in [0.25, 0.3) is 0 Å². The molecule has 50 heavy (non-hydrogen) atoms. The number of aromatic nitrogens is 1. The molecule has 3 aromatic rings. The number of carbonyl (C=O) groups excluding carboxylic acids is 1. The SMILES string of the molecule is CCCCCCCCCCCCCCCC(=O)Nc1cccc(C2OC(CSc3ncccc3C(=O)O)C(C)C(c3ccc(CO)cc3)O2)c1. The Kier molecular flexibility index (Phi) is 17.3. The van der Waals surface area contributed by atoms with Crippen molar-refractivity contribution in [3.05, 3.63) is 89.1 Å². The molecule has 8 nitrogen and oxygen atoms in total. The summed E-state index contributed by atoms with van der Waals surface area (Å²) in [5.74, 6) is -0.614. The lowest BCUT2D eigenvalue weighted by Gasteiger charge is -2.41. The molecule has 3 N–H and O–H groups in total. The van der Waals surface area contributed by atoms with Crippen LogP contribution in [-0.4, -0.2) is 38.9 Å². The molecule has 4 unspecified atom stereocenters. The zero-order valence-corrected chi connectivity index (χ0v) is 30.7. The van der Waals surface area contributed by atoms with Crippen molar-refractivity contribution in [3.8, 4) is 0 Å². The summed E-state index contributed by atoms with van der Waals surface area (Å²) in [6.45, 7) is 4.28. The number of aliphatic hydroxyl groups excluding tert-OH is 1. The van der Waals surface area contributed by atoms with Gasteiger partial charge in [0.25, 0.3) is 0 Å². The first-order valence-corrected chi connectivity index (χ1v) is 19.6. The number of carboxylic acid groups (broad SMARTS) is 1. The molecule has 4 atom stereocenters. The largest absolute Gasteiger partial charge is 0.478 e. The van der Waals surface area contributed by atoms with Gasteiger partial charge in [0, 0.05) is 35.5 Å². The van der Waals surface area contributed by atoms with Crippen LogP contribution in [0.1, 0.15) is 143 Å². The number of thioether (sulfide) groups is 1. The third kappa shape index (κ3) is 12.8. The van der Waals surface area contributed by atoms with E-state index in [1.54, 1.807) is 18.3 Å². The first-order chi connectivity index (χ1) is 24.4. The van der Waals surface area contributed by atoms with Gasteiger partial charge in [-0.1, -0.05) is 127 Å². The standard InChI is InChI=1S/C41H56N2O6S/c1-3-4-5-6-7-8-9-10-11-12-13-14-15-21-37(45)43-34-19-16-18-33(27-34)41-48-36(29-50-39-35(40(46)47)20-17-26-42-39)30(2)38(49-41)32-24-22-31(28-44)23-25-32/h16-20,22-27,30,36,38,41,44H,3-15,21,28-29H2,1-2H3,(H,43,45)(H,46,47). The molecule has 0 aliphatic carbocycles. The molecule has 1 aromatic heterocycles. The number of amides is 1. The van der Waals surface area contributed by atoms with Gasteiger partial charge in [-0.3, -0.25) is 4.79 Å². The minimum Gasteiger partial charge on any atom is -0.478 e. The molecule has 1 fully saturated rings. The van der Waals surface area contributed by atoms with E-state index < -0.39 is 12.3 Å². The third-order valence-electron chi connectivity index (χ3n) is 9.46. The van der Waals surface area contributed by atoms with Gasteiger partial charge in [0.15, 0.2) is 6.29 Å². The summed E-state index contributed by atoms with van der Waals surface area (Å²) in [6.07, 6.45) is 17.3. The van der Waals surface area contributed by atoms with E-state index >= 15 is 0 Å². The molecule has 0 saturated carbocycles. The Morgan fingerprint density at radius 1 is 0.820 bits per heavy atom. The number of nitrogens with zero attached hydrogens (tertiary/aromatic N) is 1. The lowest BCUT2D eigenvalue weighted by atomic mass is 9.91. The smallest absolute Gasteiger partial charge is 0.338 e. The average Bonchev–Trinajstić information content (AvgIpc) is 3.13. The maximum Gasteiger partial charge on any atom is 0.338 e. The monoisotopic (exact) mass is 704 g/mol. The van der Waals surface area contributed by atoms with E-state index in [1.165, 1.54) is 82.4 Å². The Labute approximate surface area is 302 Å². The van der Waals surface area contributed by atoms with E-state index in [9.17, 15) is 19.8 Å². The fraction of sp³-hybridized carbons (Fsp3) is 0.537. The zero-order chi connectivity index (χ0) is 35.6. The number of pyridine rings is 1. The van der Waals surface area contributed by atoms with Crippen LogP contribution in [-0.2, 0) is 20.9 Å². The van der Waals surface area contributed by atoms with Crippen molar-refractivity contribution in [1.29, 1.82) is 0 Å². The molecule has 2 heterocycles. The van der Waals surface area contributed by atoms with Gasteiger partial charge in [-0.25, -0.2) is 9.78 Å². The van der Waals surface area contributed by atoms with E-state index in [0.29, 0.717) is 22.9 Å². The summed E-state index contributed by atoms with van der Waals surface area (Å²) in [4.78, 5) is 28.9.